The molecule has 160 valence electrons. The Morgan fingerprint density at radius 3 is 2.39 bits per heavy atom. The summed E-state index contributed by atoms with van der Waals surface area (Å²) in [4.78, 5) is 20.1. The van der Waals surface area contributed by atoms with Crippen LogP contribution in [0, 0.1) is 5.92 Å². The number of carbonyl (C=O) groups excluding carboxylic acids is 1. The zero-order valence-corrected chi connectivity index (χ0v) is 17.9. The number of benzene rings is 2. The Morgan fingerprint density at radius 1 is 1.03 bits per heavy atom. The van der Waals surface area contributed by atoms with Gasteiger partial charge >= 0.3 is 0 Å². The zero-order valence-electron chi connectivity index (χ0n) is 17.9. The molecule has 0 aliphatic carbocycles. The van der Waals surface area contributed by atoms with Crippen molar-refractivity contribution in [1.82, 2.24) is 15.2 Å². The summed E-state index contributed by atoms with van der Waals surface area (Å²) in [6, 6.07) is 23.8. The Bertz CT molecular complexity index is 953. The topological polar surface area (TPSA) is 54.5 Å². The molecular formula is C26H29N3O2. The average molecular weight is 416 g/mol. The number of methoxy groups -OCH3 is 1. The maximum Gasteiger partial charge on any atom is 0.224 e. The van der Waals surface area contributed by atoms with Crippen LogP contribution in [0.25, 0.3) is 0 Å². The van der Waals surface area contributed by atoms with Gasteiger partial charge in [0.1, 0.15) is 5.75 Å². The van der Waals surface area contributed by atoms with E-state index in [-0.39, 0.29) is 17.9 Å². The van der Waals surface area contributed by atoms with Gasteiger partial charge in [-0.1, -0.05) is 48.5 Å². The number of hydrogen-bond donors (Lipinski definition) is 1. The molecular weight excluding hydrogens is 386 g/mol. The third-order valence-electron chi connectivity index (χ3n) is 5.93. The fraction of sp³-hybridized carbons (Fsp3) is 0.308. The van der Waals surface area contributed by atoms with Gasteiger partial charge in [-0.2, -0.15) is 0 Å². The van der Waals surface area contributed by atoms with E-state index in [0.717, 1.165) is 49.5 Å². The Balaban J connectivity index is 1.40. The zero-order chi connectivity index (χ0) is 21.5. The number of nitrogens with zero attached hydrogens (tertiary/aromatic N) is 2. The number of piperidine rings is 1. The van der Waals surface area contributed by atoms with E-state index < -0.39 is 0 Å². The third-order valence-corrected chi connectivity index (χ3v) is 5.93. The van der Waals surface area contributed by atoms with Crippen molar-refractivity contribution in [2.24, 2.45) is 5.92 Å². The first-order valence-electron chi connectivity index (χ1n) is 10.8. The molecule has 0 spiro atoms. The van der Waals surface area contributed by atoms with Crippen LogP contribution in [-0.4, -0.2) is 36.0 Å². The van der Waals surface area contributed by atoms with Crippen molar-refractivity contribution in [1.29, 1.82) is 0 Å². The second kappa shape index (κ2) is 10.2. The molecule has 1 aromatic heterocycles. The van der Waals surface area contributed by atoms with E-state index >= 15 is 0 Å². The second-order valence-corrected chi connectivity index (χ2v) is 8.01. The van der Waals surface area contributed by atoms with Crippen molar-refractivity contribution in [3.63, 3.8) is 0 Å². The number of ether oxygens (including phenoxy) is 1. The van der Waals surface area contributed by atoms with Gasteiger partial charge in [-0.3, -0.25) is 14.7 Å². The number of likely N-dealkylation sites (tertiary alicyclic amines) is 1. The van der Waals surface area contributed by atoms with E-state index in [1.54, 1.807) is 13.3 Å². The molecule has 1 fully saturated rings. The van der Waals surface area contributed by atoms with Crippen LogP contribution in [0.15, 0.2) is 79.0 Å². The van der Waals surface area contributed by atoms with Crippen LogP contribution in [0.4, 0.5) is 0 Å². The number of aromatic nitrogens is 1. The number of carbonyl (C=O) groups is 1. The van der Waals surface area contributed by atoms with E-state index in [0.29, 0.717) is 0 Å². The highest BCUT2D eigenvalue weighted by Gasteiger charge is 2.28. The molecule has 4 rings (SSSR count). The molecule has 1 atom stereocenters. The summed E-state index contributed by atoms with van der Waals surface area (Å²) in [7, 11) is 1.65. The number of amides is 1. The van der Waals surface area contributed by atoms with E-state index in [2.05, 4.69) is 39.5 Å². The van der Waals surface area contributed by atoms with Crippen LogP contribution < -0.4 is 10.1 Å². The highest BCUT2D eigenvalue weighted by molar-refractivity contribution is 5.79. The predicted molar refractivity (Wildman–Crippen MR) is 122 cm³/mol. The molecule has 0 saturated carbocycles. The lowest BCUT2D eigenvalue weighted by Crippen LogP contribution is -2.41. The van der Waals surface area contributed by atoms with Crippen molar-refractivity contribution in [2.75, 3.05) is 20.2 Å². The molecule has 1 amide bonds. The minimum absolute atomic E-state index is 0.0245. The number of pyridine rings is 1. The van der Waals surface area contributed by atoms with Crippen molar-refractivity contribution >= 4 is 5.91 Å². The van der Waals surface area contributed by atoms with Crippen LogP contribution in [-0.2, 0) is 11.3 Å². The summed E-state index contributed by atoms with van der Waals surface area (Å²) >= 11 is 0. The van der Waals surface area contributed by atoms with Crippen molar-refractivity contribution in [3.05, 3.63) is 95.8 Å². The molecule has 31 heavy (non-hydrogen) atoms. The largest absolute Gasteiger partial charge is 0.497 e. The van der Waals surface area contributed by atoms with Gasteiger partial charge in [-0.05, 0) is 61.3 Å². The van der Waals surface area contributed by atoms with Crippen LogP contribution in [0.3, 0.4) is 0 Å². The molecule has 2 heterocycles. The van der Waals surface area contributed by atoms with Gasteiger partial charge in [-0.15, -0.1) is 0 Å². The maximum absolute atomic E-state index is 13.2. The van der Waals surface area contributed by atoms with Gasteiger partial charge in [0.25, 0.3) is 0 Å². The first-order valence-corrected chi connectivity index (χ1v) is 10.8. The highest BCUT2D eigenvalue weighted by atomic mass is 16.5. The molecule has 5 heteroatoms. The van der Waals surface area contributed by atoms with E-state index in [1.165, 1.54) is 5.56 Å². The minimum atomic E-state index is -0.276. The van der Waals surface area contributed by atoms with E-state index in [4.69, 9.17) is 4.74 Å². The van der Waals surface area contributed by atoms with Crippen LogP contribution in [0.2, 0.25) is 0 Å². The van der Waals surface area contributed by atoms with Crippen molar-refractivity contribution < 1.29 is 9.53 Å². The quantitative estimate of drug-likeness (QED) is 0.628. The normalized spacial score (nSPS) is 15.9. The van der Waals surface area contributed by atoms with E-state index in [9.17, 15) is 4.79 Å². The van der Waals surface area contributed by atoms with Crippen molar-refractivity contribution in [3.8, 4) is 5.75 Å². The smallest absolute Gasteiger partial charge is 0.224 e. The summed E-state index contributed by atoms with van der Waals surface area (Å²) in [6.07, 6.45) is 3.51. The monoisotopic (exact) mass is 415 g/mol. The van der Waals surface area contributed by atoms with Crippen molar-refractivity contribution in [2.45, 2.75) is 25.4 Å². The highest BCUT2D eigenvalue weighted by Crippen LogP contribution is 2.25. The summed E-state index contributed by atoms with van der Waals surface area (Å²) in [5, 5.41) is 3.26. The lowest BCUT2D eigenvalue weighted by molar-refractivity contribution is -0.127. The van der Waals surface area contributed by atoms with E-state index in [1.807, 2.05) is 48.5 Å². The third kappa shape index (κ3) is 5.50. The van der Waals surface area contributed by atoms with Crippen LogP contribution in [0.5, 0.6) is 5.75 Å². The molecule has 1 N–H and O–H groups in total. The van der Waals surface area contributed by atoms with Crippen LogP contribution in [0.1, 0.15) is 35.7 Å². The average Bonchev–Trinajstić information content (AvgIpc) is 2.84. The molecule has 5 nitrogen and oxygen atoms in total. The summed E-state index contributed by atoms with van der Waals surface area (Å²) < 4.78 is 5.28. The fourth-order valence-corrected chi connectivity index (χ4v) is 4.13. The molecule has 0 bridgehead atoms. The lowest BCUT2D eigenvalue weighted by atomic mass is 9.94. The van der Waals surface area contributed by atoms with Gasteiger partial charge in [0, 0.05) is 18.7 Å². The number of nitrogens with one attached hydrogen (secondary N) is 1. The predicted octanol–water partition coefficient (Wildman–Crippen LogP) is 4.21. The Kier molecular flexibility index (Phi) is 6.95. The van der Waals surface area contributed by atoms with Gasteiger partial charge in [0.15, 0.2) is 0 Å². The summed E-state index contributed by atoms with van der Waals surface area (Å²) in [5.74, 6) is 0.919. The minimum Gasteiger partial charge on any atom is -0.497 e. The molecule has 0 radical (unpaired) electrons. The summed E-state index contributed by atoms with van der Waals surface area (Å²) in [6.45, 7) is 2.81. The SMILES string of the molecule is COc1ccc(C(NC(=O)C2CCN(Cc3ccccc3)CC2)c2ccccn2)cc1. The molecule has 1 aliphatic heterocycles. The Labute approximate surface area is 184 Å². The maximum atomic E-state index is 13.2. The number of rotatable bonds is 7. The standard InChI is InChI=1S/C26H29N3O2/c1-31-23-12-10-21(11-13-23)25(24-9-5-6-16-27-24)28-26(30)22-14-17-29(18-15-22)19-20-7-3-2-4-8-20/h2-13,16,22,25H,14-15,17-19H2,1H3,(H,28,30). The fourth-order valence-electron chi connectivity index (χ4n) is 4.13. The van der Waals surface area contributed by atoms with Gasteiger partial charge in [0.05, 0.1) is 18.8 Å². The lowest BCUT2D eigenvalue weighted by Gasteiger charge is -2.32. The number of hydrogen-bond acceptors (Lipinski definition) is 4. The van der Waals surface area contributed by atoms with Crippen LogP contribution >= 0.6 is 0 Å². The molecule has 1 saturated heterocycles. The molecule has 1 aliphatic rings. The first-order chi connectivity index (χ1) is 15.2. The molecule has 1 unspecified atom stereocenters. The first kappa shape index (κ1) is 21.1. The van der Waals surface area contributed by atoms with Gasteiger partial charge < -0.3 is 10.1 Å². The summed E-state index contributed by atoms with van der Waals surface area (Å²) in [5.41, 5.74) is 3.15. The second-order valence-electron chi connectivity index (χ2n) is 8.01. The molecule has 2 aromatic carbocycles. The Hall–Kier alpha value is -3.18. The van der Waals surface area contributed by atoms with Gasteiger partial charge in [0.2, 0.25) is 5.91 Å². The molecule has 3 aromatic rings. The Morgan fingerprint density at radius 2 is 1.74 bits per heavy atom. The van der Waals surface area contributed by atoms with Gasteiger partial charge in [-0.25, -0.2) is 0 Å².